The first-order valence-electron chi connectivity index (χ1n) is 6.41. The smallest absolute Gasteiger partial charge is 0.315 e. The van der Waals surface area contributed by atoms with Crippen molar-refractivity contribution in [2.24, 2.45) is 5.10 Å². The van der Waals surface area contributed by atoms with Gasteiger partial charge in [0.1, 0.15) is 0 Å². The second-order valence-electron chi connectivity index (χ2n) is 4.40. The Hall–Kier alpha value is -2.94. The van der Waals surface area contributed by atoms with Crippen LogP contribution in [0.1, 0.15) is 10.4 Å². The Morgan fingerprint density at radius 2 is 2.35 bits per heavy atom. The summed E-state index contributed by atoms with van der Waals surface area (Å²) in [5.41, 5.74) is 2.14. The Bertz CT molecular complexity index is 743. The summed E-state index contributed by atoms with van der Waals surface area (Å²) >= 11 is 1.46. The van der Waals surface area contributed by atoms with Crippen molar-refractivity contribution in [3.8, 4) is 11.5 Å². The monoisotopic (exact) mass is 335 g/mol. The van der Waals surface area contributed by atoms with E-state index in [4.69, 9.17) is 4.74 Å². The maximum atomic E-state index is 11.7. The zero-order valence-electron chi connectivity index (χ0n) is 12.1. The minimum atomic E-state index is -0.732. The standard InChI is InChI=1S/C14H13N3O5S/c1-22-12-6-9(5-11(14(12)19)17(20)21)8-15-16-13(18)7-10-3-2-4-23-10/h2-6,8,19H,7H2,1H3,(H,16,18). The highest BCUT2D eigenvalue weighted by Crippen LogP contribution is 2.36. The molecule has 2 aromatic rings. The van der Waals surface area contributed by atoms with Crippen LogP contribution >= 0.6 is 11.3 Å². The van der Waals surface area contributed by atoms with Crippen molar-refractivity contribution < 1.29 is 19.6 Å². The maximum Gasteiger partial charge on any atom is 0.315 e. The number of aromatic hydroxyl groups is 1. The molecular formula is C14H13N3O5S. The molecule has 2 N–H and O–H groups in total. The normalized spacial score (nSPS) is 10.7. The van der Waals surface area contributed by atoms with Crippen molar-refractivity contribution in [1.82, 2.24) is 5.43 Å². The lowest BCUT2D eigenvalue weighted by atomic mass is 10.2. The molecule has 0 radical (unpaired) electrons. The molecule has 0 spiro atoms. The van der Waals surface area contributed by atoms with Gasteiger partial charge in [0, 0.05) is 16.5 Å². The first-order chi connectivity index (χ1) is 11.0. The summed E-state index contributed by atoms with van der Waals surface area (Å²) < 4.78 is 4.87. The van der Waals surface area contributed by atoms with Gasteiger partial charge in [0.15, 0.2) is 5.75 Å². The minimum absolute atomic E-state index is 0.0504. The Kier molecular flexibility index (Phi) is 5.26. The maximum absolute atomic E-state index is 11.7. The summed E-state index contributed by atoms with van der Waals surface area (Å²) in [6.07, 6.45) is 1.44. The van der Waals surface area contributed by atoms with E-state index in [2.05, 4.69) is 10.5 Å². The molecule has 0 fully saturated rings. The molecule has 0 aliphatic heterocycles. The number of nitrogens with zero attached hydrogens (tertiary/aromatic N) is 2. The fourth-order valence-electron chi connectivity index (χ4n) is 1.77. The van der Waals surface area contributed by atoms with E-state index in [1.54, 1.807) is 0 Å². The van der Waals surface area contributed by atoms with Crippen LogP contribution in [0, 0.1) is 10.1 Å². The largest absolute Gasteiger partial charge is 0.500 e. The highest BCUT2D eigenvalue weighted by Gasteiger charge is 2.19. The predicted molar refractivity (Wildman–Crippen MR) is 85.1 cm³/mol. The van der Waals surface area contributed by atoms with Gasteiger partial charge in [-0.15, -0.1) is 11.3 Å². The van der Waals surface area contributed by atoms with E-state index in [1.807, 2.05) is 17.5 Å². The van der Waals surface area contributed by atoms with Gasteiger partial charge in [0.05, 0.1) is 24.7 Å². The van der Waals surface area contributed by atoms with Crippen molar-refractivity contribution in [3.05, 3.63) is 50.2 Å². The number of thiophene rings is 1. The minimum Gasteiger partial charge on any atom is -0.500 e. The number of carbonyl (C=O) groups is 1. The van der Waals surface area contributed by atoms with E-state index >= 15 is 0 Å². The number of nitro groups is 1. The zero-order valence-corrected chi connectivity index (χ0v) is 12.9. The van der Waals surface area contributed by atoms with Crippen LogP contribution in [-0.2, 0) is 11.2 Å². The van der Waals surface area contributed by atoms with E-state index in [-0.39, 0.29) is 18.1 Å². The average Bonchev–Trinajstić information content (AvgIpc) is 3.01. The summed E-state index contributed by atoms with van der Waals surface area (Å²) in [5, 5.41) is 26.2. The zero-order chi connectivity index (χ0) is 16.8. The molecule has 0 aliphatic rings. The van der Waals surface area contributed by atoms with Crippen molar-refractivity contribution in [3.63, 3.8) is 0 Å². The molecule has 9 heteroatoms. The summed E-state index contributed by atoms with van der Waals surface area (Å²) in [4.78, 5) is 22.7. The van der Waals surface area contributed by atoms with Crippen LogP contribution in [0.25, 0.3) is 0 Å². The Balaban J connectivity index is 2.08. The fraction of sp³-hybridized carbons (Fsp3) is 0.143. The van der Waals surface area contributed by atoms with Gasteiger partial charge in [-0.05, 0) is 17.5 Å². The molecule has 0 saturated carbocycles. The van der Waals surface area contributed by atoms with Gasteiger partial charge in [-0.25, -0.2) is 5.43 Å². The molecule has 0 unspecified atom stereocenters. The van der Waals surface area contributed by atoms with Crippen molar-refractivity contribution >= 4 is 29.1 Å². The van der Waals surface area contributed by atoms with Crippen LogP contribution in [0.4, 0.5) is 5.69 Å². The Morgan fingerprint density at radius 3 is 2.96 bits per heavy atom. The number of benzene rings is 1. The second kappa shape index (κ2) is 7.36. The molecule has 1 amide bonds. The van der Waals surface area contributed by atoms with Gasteiger partial charge in [0.2, 0.25) is 11.7 Å². The summed E-state index contributed by atoms with van der Waals surface area (Å²) in [6.45, 7) is 0. The van der Waals surface area contributed by atoms with E-state index in [0.29, 0.717) is 5.56 Å². The number of hydrazone groups is 1. The third kappa shape index (κ3) is 4.27. The van der Waals surface area contributed by atoms with Crippen LogP contribution in [-0.4, -0.2) is 29.3 Å². The van der Waals surface area contributed by atoms with Gasteiger partial charge in [-0.1, -0.05) is 6.07 Å². The van der Waals surface area contributed by atoms with Crippen molar-refractivity contribution in [2.75, 3.05) is 7.11 Å². The quantitative estimate of drug-likeness (QED) is 0.476. The lowest BCUT2D eigenvalue weighted by Crippen LogP contribution is -2.19. The second-order valence-corrected chi connectivity index (χ2v) is 5.43. The number of ether oxygens (including phenoxy) is 1. The number of phenolic OH excluding ortho intramolecular Hbond substituents is 1. The topological polar surface area (TPSA) is 114 Å². The number of methoxy groups -OCH3 is 1. The molecule has 0 atom stereocenters. The highest BCUT2D eigenvalue weighted by atomic mass is 32.1. The number of rotatable bonds is 6. The Labute approximate surface area is 135 Å². The number of nitro benzene ring substituents is 1. The molecule has 23 heavy (non-hydrogen) atoms. The lowest BCUT2D eigenvalue weighted by molar-refractivity contribution is -0.386. The number of phenols is 1. The van der Waals surface area contributed by atoms with Crippen molar-refractivity contribution in [2.45, 2.75) is 6.42 Å². The third-order valence-corrected chi connectivity index (χ3v) is 3.69. The average molecular weight is 335 g/mol. The number of carbonyl (C=O) groups excluding carboxylic acids is 1. The molecule has 0 bridgehead atoms. The van der Waals surface area contributed by atoms with E-state index < -0.39 is 16.4 Å². The van der Waals surface area contributed by atoms with Crippen LogP contribution in [0.5, 0.6) is 11.5 Å². The van der Waals surface area contributed by atoms with Gasteiger partial charge >= 0.3 is 5.69 Å². The number of nitrogens with one attached hydrogen (secondary N) is 1. The van der Waals surface area contributed by atoms with Gasteiger partial charge in [-0.3, -0.25) is 14.9 Å². The van der Waals surface area contributed by atoms with Crippen LogP contribution in [0.2, 0.25) is 0 Å². The van der Waals surface area contributed by atoms with Crippen LogP contribution in [0.3, 0.4) is 0 Å². The van der Waals surface area contributed by atoms with Crippen molar-refractivity contribution in [1.29, 1.82) is 0 Å². The molecule has 1 aromatic heterocycles. The first-order valence-corrected chi connectivity index (χ1v) is 7.29. The summed E-state index contributed by atoms with van der Waals surface area (Å²) in [6, 6.07) is 6.19. The SMILES string of the molecule is COc1cc(C=NNC(=O)Cc2cccs2)cc([N+](=O)[O-])c1O. The van der Waals surface area contributed by atoms with Gasteiger partial charge < -0.3 is 9.84 Å². The fourth-order valence-corrected chi connectivity index (χ4v) is 2.48. The molecule has 0 aliphatic carbocycles. The highest BCUT2D eigenvalue weighted by molar-refractivity contribution is 7.10. The molecule has 8 nitrogen and oxygen atoms in total. The van der Waals surface area contributed by atoms with Gasteiger partial charge in [0.25, 0.3) is 0 Å². The summed E-state index contributed by atoms with van der Waals surface area (Å²) in [7, 11) is 1.28. The molecule has 1 aromatic carbocycles. The Morgan fingerprint density at radius 1 is 1.57 bits per heavy atom. The molecular weight excluding hydrogens is 322 g/mol. The van der Waals surface area contributed by atoms with Gasteiger partial charge in [-0.2, -0.15) is 5.10 Å². The molecule has 120 valence electrons. The molecule has 0 saturated heterocycles. The van der Waals surface area contributed by atoms with E-state index in [0.717, 1.165) is 10.9 Å². The lowest BCUT2D eigenvalue weighted by Gasteiger charge is -2.05. The predicted octanol–water partition coefficient (Wildman–Crippen LogP) is 2.06. The number of hydrogen-bond donors (Lipinski definition) is 2. The molecule has 1 heterocycles. The summed E-state index contributed by atoms with van der Waals surface area (Å²) in [5.74, 6) is -0.911. The number of hydrogen-bond acceptors (Lipinski definition) is 7. The third-order valence-electron chi connectivity index (χ3n) is 2.81. The number of amides is 1. The van der Waals surface area contributed by atoms with Crippen LogP contribution in [0.15, 0.2) is 34.7 Å². The van der Waals surface area contributed by atoms with E-state index in [9.17, 15) is 20.0 Å². The molecule has 2 rings (SSSR count). The van der Waals surface area contributed by atoms with Crippen LogP contribution < -0.4 is 10.2 Å². The first kappa shape index (κ1) is 16.4. The van der Waals surface area contributed by atoms with E-state index in [1.165, 1.54) is 30.7 Å².